The van der Waals surface area contributed by atoms with Crippen LogP contribution in [-0.4, -0.2) is 61.3 Å². The van der Waals surface area contributed by atoms with Crippen LogP contribution in [0.3, 0.4) is 0 Å². The number of sulfonamides is 1. The van der Waals surface area contributed by atoms with Crippen LogP contribution in [0.1, 0.15) is 44.2 Å². The molecule has 1 saturated heterocycles. The second-order valence-corrected chi connectivity index (χ2v) is 8.96. The fourth-order valence-electron chi connectivity index (χ4n) is 3.81. The maximum Gasteiger partial charge on any atom is 0.320 e. The van der Waals surface area contributed by atoms with Gasteiger partial charge in [-0.1, -0.05) is 12.5 Å². The fourth-order valence-corrected chi connectivity index (χ4v) is 5.37. The Labute approximate surface area is 156 Å². The van der Waals surface area contributed by atoms with Gasteiger partial charge in [0.25, 0.3) is 0 Å². The van der Waals surface area contributed by atoms with Crippen molar-refractivity contribution in [3.05, 3.63) is 29.3 Å². The fraction of sp³-hybridized carbons (Fsp3) is 0.632. The van der Waals surface area contributed by atoms with E-state index in [-0.39, 0.29) is 6.03 Å². The van der Waals surface area contributed by atoms with Gasteiger partial charge in [0, 0.05) is 39.3 Å². The van der Waals surface area contributed by atoms with Crippen molar-refractivity contribution in [2.24, 2.45) is 0 Å². The highest BCUT2D eigenvalue weighted by Crippen LogP contribution is 2.26. The zero-order valence-corrected chi connectivity index (χ0v) is 16.6. The van der Waals surface area contributed by atoms with Crippen molar-refractivity contribution in [1.29, 1.82) is 0 Å². The monoisotopic (exact) mass is 379 g/mol. The molecule has 0 bridgehead atoms. The van der Waals surface area contributed by atoms with Gasteiger partial charge in [-0.05, 0) is 56.4 Å². The van der Waals surface area contributed by atoms with E-state index in [4.69, 9.17) is 0 Å². The lowest BCUT2D eigenvalue weighted by Gasteiger charge is -2.33. The molecule has 0 N–H and O–H groups in total. The topological polar surface area (TPSA) is 60.9 Å². The summed E-state index contributed by atoms with van der Waals surface area (Å²) in [6.45, 7) is 7.68. The van der Waals surface area contributed by atoms with E-state index in [0.29, 0.717) is 44.2 Å². The molecule has 0 spiro atoms. The van der Waals surface area contributed by atoms with Crippen molar-refractivity contribution >= 4 is 16.1 Å². The predicted octanol–water partition coefficient (Wildman–Crippen LogP) is 2.68. The number of carbonyl (C=O) groups excluding carboxylic acids is 1. The molecule has 2 heterocycles. The summed E-state index contributed by atoms with van der Waals surface area (Å²) < 4.78 is 27.4. The normalized spacial score (nSPS) is 18.5. The first-order chi connectivity index (χ1) is 12.5. The number of carbonyl (C=O) groups is 1. The summed E-state index contributed by atoms with van der Waals surface area (Å²) >= 11 is 0. The first-order valence-electron chi connectivity index (χ1n) is 9.63. The maximum absolute atomic E-state index is 12.9. The van der Waals surface area contributed by atoms with Gasteiger partial charge in [0.05, 0.1) is 4.90 Å². The second-order valence-electron chi connectivity index (χ2n) is 7.02. The van der Waals surface area contributed by atoms with E-state index in [9.17, 15) is 13.2 Å². The van der Waals surface area contributed by atoms with E-state index < -0.39 is 10.0 Å². The minimum Gasteiger partial charge on any atom is -0.325 e. The summed E-state index contributed by atoms with van der Waals surface area (Å²) in [7, 11) is -3.44. The minimum absolute atomic E-state index is 0.0324. The maximum atomic E-state index is 12.9. The number of amides is 2. The molecular formula is C19H29N3O3S. The molecule has 7 heteroatoms. The molecule has 1 aromatic rings. The highest BCUT2D eigenvalue weighted by atomic mass is 32.2. The molecule has 0 unspecified atom stereocenters. The highest BCUT2D eigenvalue weighted by molar-refractivity contribution is 7.89. The van der Waals surface area contributed by atoms with E-state index in [0.717, 1.165) is 36.8 Å². The number of rotatable bonds is 4. The van der Waals surface area contributed by atoms with Crippen molar-refractivity contribution in [1.82, 2.24) is 14.1 Å². The van der Waals surface area contributed by atoms with Gasteiger partial charge in [-0.2, -0.15) is 4.31 Å². The van der Waals surface area contributed by atoms with E-state index in [1.807, 2.05) is 24.8 Å². The van der Waals surface area contributed by atoms with Crippen LogP contribution in [0.25, 0.3) is 0 Å². The Hall–Kier alpha value is -1.60. The molecule has 26 heavy (non-hydrogen) atoms. The number of benzene rings is 1. The van der Waals surface area contributed by atoms with E-state index in [2.05, 4.69) is 0 Å². The number of fused-ring (bicyclic) bond motifs is 1. The second kappa shape index (κ2) is 7.96. The summed E-state index contributed by atoms with van der Waals surface area (Å²) in [6.07, 6.45) is 3.72. The first-order valence-corrected chi connectivity index (χ1v) is 11.1. The van der Waals surface area contributed by atoms with Crippen LogP contribution in [0.4, 0.5) is 4.79 Å². The molecule has 1 fully saturated rings. The lowest BCUT2D eigenvalue weighted by Crippen LogP contribution is -2.45. The molecule has 0 atom stereocenters. The number of nitrogens with zero attached hydrogens (tertiary/aromatic N) is 3. The Balaban J connectivity index is 1.82. The standard InChI is InChI=1S/C19H29N3O3S/c1-3-20(4-2)19(23)21-13-10-16-8-9-18(14-17(16)15-21)26(24,25)22-11-6-5-7-12-22/h8-9,14H,3-7,10-13,15H2,1-2H3. The Morgan fingerprint density at radius 2 is 1.73 bits per heavy atom. The summed E-state index contributed by atoms with van der Waals surface area (Å²) in [4.78, 5) is 16.6. The summed E-state index contributed by atoms with van der Waals surface area (Å²) in [6, 6.07) is 5.46. The summed E-state index contributed by atoms with van der Waals surface area (Å²) in [5, 5.41) is 0. The quantitative estimate of drug-likeness (QED) is 0.808. The molecule has 0 radical (unpaired) electrons. The Morgan fingerprint density at radius 3 is 2.38 bits per heavy atom. The zero-order valence-electron chi connectivity index (χ0n) is 15.8. The van der Waals surface area contributed by atoms with Crippen molar-refractivity contribution in [3.63, 3.8) is 0 Å². The third-order valence-electron chi connectivity index (χ3n) is 5.45. The number of hydrogen-bond donors (Lipinski definition) is 0. The van der Waals surface area contributed by atoms with Crippen molar-refractivity contribution < 1.29 is 13.2 Å². The lowest BCUT2D eigenvalue weighted by molar-refractivity contribution is 0.152. The van der Waals surface area contributed by atoms with Gasteiger partial charge in [-0.15, -0.1) is 0 Å². The molecule has 2 amide bonds. The van der Waals surface area contributed by atoms with Crippen LogP contribution < -0.4 is 0 Å². The molecule has 6 nitrogen and oxygen atoms in total. The van der Waals surface area contributed by atoms with Crippen molar-refractivity contribution in [2.45, 2.75) is 51.0 Å². The van der Waals surface area contributed by atoms with Crippen molar-refractivity contribution in [3.8, 4) is 0 Å². The largest absolute Gasteiger partial charge is 0.325 e. The lowest BCUT2D eigenvalue weighted by atomic mass is 10.0. The Morgan fingerprint density at radius 1 is 1.04 bits per heavy atom. The summed E-state index contributed by atoms with van der Waals surface area (Å²) in [5.41, 5.74) is 2.10. The molecule has 1 aromatic carbocycles. The third kappa shape index (κ3) is 3.74. The molecule has 3 rings (SSSR count). The van der Waals surface area contributed by atoms with Crippen LogP contribution in [0.2, 0.25) is 0 Å². The molecule has 0 saturated carbocycles. The van der Waals surface area contributed by atoms with Crippen LogP contribution >= 0.6 is 0 Å². The van der Waals surface area contributed by atoms with Gasteiger partial charge in [0.2, 0.25) is 10.0 Å². The molecular weight excluding hydrogens is 350 g/mol. The minimum atomic E-state index is -3.44. The van der Waals surface area contributed by atoms with Crippen molar-refractivity contribution in [2.75, 3.05) is 32.7 Å². The highest BCUT2D eigenvalue weighted by Gasteiger charge is 2.29. The van der Waals surface area contributed by atoms with Crippen LogP contribution in [-0.2, 0) is 23.0 Å². The zero-order chi connectivity index (χ0) is 18.7. The van der Waals surface area contributed by atoms with E-state index in [1.165, 1.54) is 0 Å². The first kappa shape index (κ1) is 19.2. The predicted molar refractivity (Wildman–Crippen MR) is 101 cm³/mol. The summed E-state index contributed by atoms with van der Waals surface area (Å²) in [5.74, 6) is 0. The van der Waals surface area contributed by atoms with Gasteiger partial charge in [0.15, 0.2) is 0 Å². The smallest absolute Gasteiger partial charge is 0.320 e. The number of piperidine rings is 1. The van der Waals surface area contributed by atoms with Gasteiger partial charge in [0.1, 0.15) is 0 Å². The molecule has 0 aliphatic carbocycles. The van der Waals surface area contributed by atoms with E-state index in [1.54, 1.807) is 21.3 Å². The number of urea groups is 1. The Bertz CT molecular complexity index is 753. The van der Waals surface area contributed by atoms with Crippen LogP contribution in [0.15, 0.2) is 23.1 Å². The molecule has 144 valence electrons. The van der Waals surface area contributed by atoms with Gasteiger partial charge in [-0.25, -0.2) is 13.2 Å². The van der Waals surface area contributed by atoms with Gasteiger partial charge >= 0.3 is 6.03 Å². The number of hydrogen-bond acceptors (Lipinski definition) is 3. The average molecular weight is 380 g/mol. The third-order valence-corrected chi connectivity index (χ3v) is 7.34. The van der Waals surface area contributed by atoms with Gasteiger partial charge in [-0.3, -0.25) is 0 Å². The van der Waals surface area contributed by atoms with Gasteiger partial charge < -0.3 is 9.80 Å². The van der Waals surface area contributed by atoms with Crippen LogP contribution in [0, 0.1) is 0 Å². The Kier molecular flexibility index (Phi) is 5.87. The SMILES string of the molecule is CCN(CC)C(=O)N1CCc2ccc(S(=O)(=O)N3CCCCC3)cc2C1. The molecule has 0 aromatic heterocycles. The van der Waals surface area contributed by atoms with E-state index >= 15 is 0 Å². The van der Waals surface area contributed by atoms with Crippen LogP contribution in [0.5, 0.6) is 0 Å². The molecule has 2 aliphatic heterocycles. The molecule has 2 aliphatic rings. The average Bonchev–Trinajstić information content (AvgIpc) is 2.68.